The Labute approximate surface area is 133 Å². The van der Waals surface area contributed by atoms with Gasteiger partial charge >= 0.3 is 6.03 Å². The van der Waals surface area contributed by atoms with Crippen molar-refractivity contribution in [2.45, 2.75) is 18.9 Å². The molecule has 120 valence electrons. The van der Waals surface area contributed by atoms with Gasteiger partial charge in [-0.1, -0.05) is 37.3 Å². The lowest BCUT2D eigenvalue weighted by Crippen LogP contribution is -2.55. The van der Waals surface area contributed by atoms with Crippen molar-refractivity contribution in [1.82, 2.24) is 4.90 Å². The molecule has 1 heterocycles. The van der Waals surface area contributed by atoms with Crippen molar-refractivity contribution in [3.63, 3.8) is 0 Å². The number of benzene rings is 2. The molecule has 5 heteroatoms. The molecule has 0 saturated carbocycles. The fourth-order valence-electron chi connectivity index (χ4n) is 3.46. The molecule has 0 fully saturated rings. The zero-order valence-electron chi connectivity index (χ0n) is 12.9. The van der Waals surface area contributed by atoms with Gasteiger partial charge < -0.3 is 10.2 Å². The van der Waals surface area contributed by atoms with E-state index in [0.717, 1.165) is 5.56 Å². The molecule has 2 aromatic rings. The van der Waals surface area contributed by atoms with E-state index in [1.54, 1.807) is 6.07 Å². The highest BCUT2D eigenvalue weighted by molar-refractivity contribution is 5.94. The largest absolute Gasteiger partial charge is 0.322 e. The van der Waals surface area contributed by atoms with Crippen LogP contribution in [0.4, 0.5) is 19.3 Å². The number of hydrogen-bond donors (Lipinski definition) is 1. The first-order valence-corrected chi connectivity index (χ1v) is 7.63. The Bertz CT molecular complexity index is 720. The summed E-state index contributed by atoms with van der Waals surface area (Å²) in [6.07, 6.45) is 0.515. The molecule has 2 amide bonds. The average molecular weight is 316 g/mol. The molecule has 0 bridgehead atoms. The van der Waals surface area contributed by atoms with Crippen LogP contribution < -0.4 is 5.32 Å². The first-order valence-electron chi connectivity index (χ1n) is 7.63. The van der Waals surface area contributed by atoms with Crippen LogP contribution in [0.25, 0.3) is 0 Å². The standard InChI is InChI=1S/C18H18F2N2O/c1-2-18(13-6-4-3-5-7-13)15-12-14(20)8-9-16(15)21-17(23)22(18)11-10-19/h3-9,12H,2,10-11H2,1H3,(H,21,23). The van der Waals surface area contributed by atoms with E-state index in [1.807, 2.05) is 37.3 Å². The van der Waals surface area contributed by atoms with Gasteiger partial charge in [-0.05, 0) is 30.2 Å². The van der Waals surface area contributed by atoms with Crippen molar-refractivity contribution in [3.8, 4) is 0 Å². The summed E-state index contributed by atoms with van der Waals surface area (Å²) in [5.41, 5.74) is 1.18. The van der Waals surface area contributed by atoms with E-state index in [1.165, 1.54) is 17.0 Å². The number of alkyl halides is 1. The fraction of sp³-hybridized carbons (Fsp3) is 0.278. The van der Waals surface area contributed by atoms with Crippen molar-refractivity contribution in [2.75, 3.05) is 18.5 Å². The molecule has 2 aromatic carbocycles. The lowest BCUT2D eigenvalue weighted by Gasteiger charge is -2.48. The smallest absolute Gasteiger partial charge is 0.308 e. The zero-order chi connectivity index (χ0) is 16.4. The second kappa shape index (κ2) is 5.99. The van der Waals surface area contributed by atoms with Crippen LogP contribution in [-0.2, 0) is 5.54 Å². The van der Waals surface area contributed by atoms with Gasteiger partial charge in [0, 0.05) is 11.3 Å². The zero-order valence-corrected chi connectivity index (χ0v) is 12.9. The Morgan fingerprint density at radius 1 is 1.17 bits per heavy atom. The van der Waals surface area contributed by atoms with Crippen molar-refractivity contribution >= 4 is 11.7 Å². The molecule has 1 aliphatic heterocycles. The minimum atomic E-state index is -0.882. The Morgan fingerprint density at radius 3 is 2.57 bits per heavy atom. The van der Waals surface area contributed by atoms with E-state index >= 15 is 0 Å². The highest BCUT2D eigenvalue weighted by Gasteiger charge is 2.46. The van der Waals surface area contributed by atoms with Gasteiger partial charge in [-0.3, -0.25) is 0 Å². The Balaban J connectivity index is 2.30. The molecule has 3 rings (SSSR count). The maximum absolute atomic E-state index is 13.9. The quantitative estimate of drug-likeness (QED) is 0.896. The SMILES string of the molecule is CCC1(c2ccccc2)c2cc(F)ccc2NC(=O)N1CCF. The van der Waals surface area contributed by atoms with Gasteiger partial charge in [-0.25, -0.2) is 13.6 Å². The molecule has 23 heavy (non-hydrogen) atoms. The van der Waals surface area contributed by atoms with E-state index in [4.69, 9.17) is 0 Å². The fourth-order valence-corrected chi connectivity index (χ4v) is 3.46. The van der Waals surface area contributed by atoms with Crippen molar-refractivity contribution < 1.29 is 13.6 Å². The summed E-state index contributed by atoms with van der Waals surface area (Å²) in [5.74, 6) is -0.381. The van der Waals surface area contributed by atoms with Crippen LogP contribution in [0.3, 0.4) is 0 Å². The molecule has 1 atom stereocenters. The summed E-state index contributed by atoms with van der Waals surface area (Å²) < 4.78 is 27.0. The third-order valence-electron chi connectivity index (χ3n) is 4.45. The summed E-state index contributed by atoms with van der Waals surface area (Å²) in [4.78, 5) is 14.0. The Kier molecular flexibility index (Phi) is 4.03. The summed E-state index contributed by atoms with van der Waals surface area (Å²) in [7, 11) is 0. The number of carbonyl (C=O) groups excluding carboxylic acids is 1. The maximum atomic E-state index is 13.9. The van der Waals surface area contributed by atoms with Gasteiger partial charge in [0.25, 0.3) is 0 Å². The Morgan fingerprint density at radius 2 is 1.91 bits per heavy atom. The van der Waals surface area contributed by atoms with Gasteiger partial charge in [0.2, 0.25) is 0 Å². The minimum Gasteiger partial charge on any atom is -0.308 e. The first kappa shape index (κ1) is 15.5. The second-order valence-electron chi connectivity index (χ2n) is 5.54. The topological polar surface area (TPSA) is 32.3 Å². The minimum absolute atomic E-state index is 0.0511. The molecule has 1 aliphatic rings. The van der Waals surface area contributed by atoms with Gasteiger partial charge in [0.15, 0.2) is 0 Å². The van der Waals surface area contributed by atoms with E-state index in [9.17, 15) is 13.6 Å². The second-order valence-corrected chi connectivity index (χ2v) is 5.54. The number of nitrogens with one attached hydrogen (secondary N) is 1. The van der Waals surface area contributed by atoms with Crippen LogP contribution in [0.5, 0.6) is 0 Å². The van der Waals surface area contributed by atoms with Crippen molar-refractivity contribution in [1.29, 1.82) is 0 Å². The maximum Gasteiger partial charge on any atom is 0.322 e. The average Bonchev–Trinajstić information content (AvgIpc) is 2.57. The van der Waals surface area contributed by atoms with Crippen molar-refractivity contribution in [3.05, 3.63) is 65.5 Å². The van der Waals surface area contributed by atoms with Crippen LogP contribution in [-0.4, -0.2) is 24.2 Å². The van der Waals surface area contributed by atoms with Crippen LogP contribution in [0.2, 0.25) is 0 Å². The summed E-state index contributed by atoms with van der Waals surface area (Å²) in [5, 5.41) is 2.73. The monoisotopic (exact) mass is 316 g/mol. The molecule has 0 radical (unpaired) electrons. The predicted octanol–water partition coefficient (Wildman–Crippen LogP) is 4.30. The lowest BCUT2D eigenvalue weighted by molar-refractivity contribution is 0.131. The number of halogens is 2. The van der Waals surface area contributed by atoms with Gasteiger partial charge in [-0.2, -0.15) is 0 Å². The number of fused-ring (bicyclic) bond motifs is 1. The van der Waals surface area contributed by atoms with Crippen molar-refractivity contribution in [2.24, 2.45) is 0 Å². The van der Waals surface area contributed by atoms with E-state index in [-0.39, 0.29) is 18.4 Å². The van der Waals surface area contributed by atoms with Gasteiger partial charge in [-0.15, -0.1) is 0 Å². The third-order valence-corrected chi connectivity index (χ3v) is 4.45. The number of urea groups is 1. The molecule has 0 aliphatic carbocycles. The van der Waals surface area contributed by atoms with Crippen LogP contribution in [0.1, 0.15) is 24.5 Å². The highest BCUT2D eigenvalue weighted by atomic mass is 19.1. The summed E-state index contributed by atoms with van der Waals surface area (Å²) in [6, 6.07) is 13.3. The number of nitrogens with zero attached hydrogens (tertiary/aromatic N) is 1. The third kappa shape index (κ3) is 2.36. The molecule has 0 spiro atoms. The molecular weight excluding hydrogens is 298 g/mol. The molecule has 0 saturated heterocycles. The summed E-state index contributed by atoms with van der Waals surface area (Å²) in [6.45, 7) is 1.21. The normalized spacial score (nSPS) is 20.1. The predicted molar refractivity (Wildman–Crippen MR) is 85.6 cm³/mol. The molecule has 3 nitrogen and oxygen atoms in total. The van der Waals surface area contributed by atoms with Gasteiger partial charge in [0.05, 0.1) is 12.1 Å². The number of amides is 2. The number of rotatable bonds is 4. The number of hydrogen-bond acceptors (Lipinski definition) is 1. The summed E-state index contributed by atoms with van der Waals surface area (Å²) >= 11 is 0. The van der Waals surface area contributed by atoms with Gasteiger partial charge in [0.1, 0.15) is 12.5 Å². The molecular formula is C18H18F2N2O. The van der Waals surface area contributed by atoms with Crippen LogP contribution in [0.15, 0.2) is 48.5 Å². The highest BCUT2D eigenvalue weighted by Crippen LogP contribution is 2.45. The first-order chi connectivity index (χ1) is 11.1. The molecule has 1 unspecified atom stereocenters. The van der Waals surface area contributed by atoms with Crippen LogP contribution in [0, 0.1) is 5.82 Å². The van der Waals surface area contributed by atoms with E-state index in [0.29, 0.717) is 17.7 Å². The molecule has 1 N–H and O–H groups in total. The lowest BCUT2D eigenvalue weighted by atomic mass is 9.77. The van der Waals surface area contributed by atoms with E-state index < -0.39 is 12.2 Å². The number of carbonyl (C=O) groups is 1. The number of anilines is 1. The molecule has 0 aromatic heterocycles. The van der Waals surface area contributed by atoms with E-state index in [2.05, 4.69) is 5.32 Å². The van der Waals surface area contributed by atoms with Crippen LogP contribution >= 0.6 is 0 Å². The Hall–Kier alpha value is -2.43.